The summed E-state index contributed by atoms with van der Waals surface area (Å²) < 4.78 is 5.62. The van der Waals surface area contributed by atoms with Gasteiger partial charge in [0.1, 0.15) is 0 Å². The first kappa shape index (κ1) is 24.9. The number of carbonyl (C=O) groups excluding carboxylic acids is 3. The van der Waals surface area contributed by atoms with Gasteiger partial charge in [-0.2, -0.15) is 0 Å². The number of hydrogen-bond acceptors (Lipinski definition) is 4. The molecule has 2 fully saturated rings. The van der Waals surface area contributed by atoms with Crippen LogP contribution in [0.25, 0.3) is 0 Å². The van der Waals surface area contributed by atoms with Gasteiger partial charge < -0.3 is 4.74 Å². The fraction of sp³-hybridized carbons (Fsp3) is 0.750. The highest BCUT2D eigenvalue weighted by Crippen LogP contribution is 2.59. The first-order valence-electron chi connectivity index (χ1n) is 12.7. The van der Waals surface area contributed by atoms with Crippen molar-refractivity contribution >= 4 is 17.5 Å². The zero-order chi connectivity index (χ0) is 23.7. The molecule has 3 aliphatic rings. The van der Waals surface area contributed by atoms with Gasteiger partial charge >= 0.3 is 5.97 Å². The second kappa shape index (κ2) is 9.65. The van der Waals surface area contributed by atoms with E-state index in [1.54, 1.807) is 6.92 Å². The Morgan fingerprint density at radius 3 is 2.50 bits per heavy atom. The third-order valence-corrected chi connectivity index (χ3v) is 9.08. The smallest absolute Gasteiger partial charge is 0.332 e. The van der Waals surface area contributed by atoms with Crippen molar-refractivity contribution in [2.24, 2.45) is 35.0 Å². The third-order valence-electron chi connectivity index (χ3n) is 9.08. The van der Waals surface area contributed by atoms with Crippen molar-refractivity contribution in [1.29, 1.82) is 0 Å². The van der Waals surface area contributed by atoms with Crippen molar-refractivity contribution in [2.75, 3.05) is 0 Å². The van der Waals surface area contributed by atoms with Gasteiger partial charge in [-0.15, -0.1) is 0 Å². The molecular formula is C28H42O4. The Labute approximate surface area is 194 Å². The molecule has 3 rings (SSSR count). The van der Waals surface area contributed by atoms with Crippen LogP contribution in [-0.2, 0) is 19.1 Å². The summed E-state index contributed by atoms with van der Waals surface area (Å²) >= 11 is 0. The van der Waals surface area contributed by atoms with E-state index in [1.165, 1.54) is 25.0 Å². The van der Waals surface area contributed by atoms with Crippen LogP contribution in [0, 0.1) is 35.0 Å². The zero-order valence-corrected chi connectivity index (χ0v) is 20.9. The van der Waals surface area contributed by atoms with Gasteiger partial charge in [-0.05, 0) is 80.1 Å². The molecule has 0 aliphatic heterocycles. The molecule has 6 atom stereocenters. The van der Waals surface area contributed by atoms with Crippen molar-refractivity contribution in [3.8, 4) is 0 Å². The SMILES string of the molecule is CC(C)[C@@H](C)CC[C@@H](C)[C@H]1CC[C@H]2/C(=C/C(=O)O[C@]3(C)CCC=CC3=O)C(=O)CC[C@]12C. The summed E-state index contributed by atoms with van der Waals surface area (Å²) in [5.41, 5.74) is -0.436. The van der Waals surface area contributed by atoms with Gasteiger partial charge in [-0.25, -0.2) is 4.79 Å². The number of allylic oxidation sites excluding steroid dienone is 2. The average molecular weight is 443 g/mol. The fourth-order valence-electron chi connectivity index (χ4n) is 6.36. The van der Waals surface area contributed by atoms with Crippen LogP contribution < -0.4 is 0 Å². The van der Waals surface area contributed by atoms with E-state index in [-0.39, 0.29) is 22.9 Å². The van der Waals surface area contributed by atoms with E-state index in [0.717, 1.165) is 25.2 Å². The van der Waals surface area contributed by atoms with Crippen molar-refractivity contribution in [2.45, 2.75) is 98.5 Å². The first-order valence-corrected chi connectivity index (χ1v) is 12.7. The van der Waals surface area contributed by atoms with Gasteiger partial charge in [0.15, 0.2) is 17.2 Å². The standard InChI is InChI=1S/C28H42O4/c1-18(2)19(3)10-11-20(4)22-12-13-23-21(24(29)14-16-27(22,23)5)17-26(31)32-28(6)15-8-7-9-25(28)30/h7,9,17-20,22-23H,8,10-16H2,1-6H3/b21-17-/t19-,20+,22+,23-,27+,28+/m0/s1. The van der Waals surface area contributed by atoms with Crippen LogP contribution in [-0.4, -0.2) is 23.1 Å². The summed E-state index contributed by atoms with van der Waals surface area (Å²) in [5.74, 6) is 2.06. The number of Topliss-reactive ketones (excluding diaryl/α,β-unsaturated/α-hetero) is 1. The number of fused-ring (bicyclic) bond motifs is 1. The molecule has 0 aromatic carbocycles. The van der Waals surface area contributed by atoms with E-state index in [1.807, 2.05) is 6.08 Å². The van der Waals surface area contributed by atoms with E-state index >= 15 is 0 Å². The van der Waals surface area contributed by atoms with Gasteiger partial charge in [0.2, 0.25) is 0 Å². The highest BCUT2D eigenvalue weighted by molar-refractivity contribution is 6.03. The van der Waals surface area contributed by atoms with Crippen molar-refractivity contribution in [1.82, 2.24) is 0 Å². The van der Waals surface area contributed by atoms with Crippen LogP contribution in [0.4, 0.5) is 0 Å². The molecule has 0 aromatic rings. The van der Waals surface area contributed by atoms with Gasteiger partial charge in [0.05, 0.1) is 0 Å². The molecule has 0 unspecified atom stereocenters. The second-order valence-electron chi connectivity index (χ2n) is 11.5. The predicted molar refractivity (Wildman–Crippen MR) is 127 cm³/mol. The number of ether oxygens (including phenoxy) is 1. The summed E-state index contributed by atoms with van der Waals surface area (Å²) in [4.78, 5) is 37.9. The van der Waals surface area contributed by atoms with Gasteiger partial charge in [0, 0.05) is 18.1 Å². The molecule has 0 bridgehead atoms. The molecule has 0 spiro atoms. The Hall–Kier alpha value is -1.71. The normalized spacial score (nSPS) is 35.8. The summed E-state index contributed by atoms with van der Waals surface area (Å²) in [6.45, 7) is 13.3. The van der Waals surface area contributed by atoms with Crippen LogP contribution >= 0.6 is 0 Å². The molecule has 0 heterocycles. The number of esters is 1. The number of ketones is 2. The highest BCUT2D eigenvalue weighted by Gasteiger charge is 2.53. The Balaban J connectivity index is 1.74. The van der Waals surface area contributed by atoms with Gasteiger partial charge in [-0.1, -0.05) is 53.5 Å². The van der Waals surface area contributed by atoms with Crippen molar-refractivity contribution < 1.29 is 19.1 Å². The lowest BCUT2D eigenvalue weighted by molar-refractivity contribution is -0.160. The average Bonchev–Trinajstić information content (AvgIpc) is 3.08. The number of hydrogen-bond donors (Lipinski definition) is 0. The molecule has 2 saturated carbocycles. The first-order chi connectivity index (χ1) is 15.0. The van der Waals surface area contributed by atoms with Crippen LogP contribution in [0.3, 0.4) is 0 Å². The van der Waals surface area contributed by atoms with E-state index in [0.29, 0.717) is 42.6 Å². The lowest BCUT2D eigenvalue weighted by atomic mass is 9.60. The minimum absolute atomic E-state index is 0.0494. The molecule has 0 radical (unpaired) electrons. The largest absolute Gasteiger partial charge is 0.448 e. The molecule has 0 aromatic heterocycles. The van der Waals surface area contributed by atoms with E-state index < -0.39 is 11.6 Å². The molecule has 32 heavy (non-hydrogen) atoms. The zero-order valence-electron chi connectivity index (χ0n) is 20.9. The summed E-state index contributed by atoms with van der Waals surface area (Å²) in [6, 6.07) is 0. The third kappa shape index (κ3) is 4.94. The maximum Gasteiger partial charge on any atom is 0.332 e. The van der Waals surface area contributed by atoms with Gasteiger partial charge in [-0.3, -0.25) is 9.59 Å². The summed E-state index contributed by atoms with van der Waals surface area (Å²) in [7, 11) is 0. The topological polar surface area (TPSA) is 60.4 Å². The molecule has 178 valence electrons. The lowest BCUT2D eigenvalue weighted by Crippen LogP contribution is -2.41. The van der Waals surface area contributed by atoms with Crippen molar-refractivity contribution in [3.63, 3.8) is 0 Å². The van der Waals surface area contributed by atoms with Crippen LogP contribution in [0.1, 0.15) is 92.9 Å². The quantitative estimate of drug-likeness (QED) is 0.346. The van der Waals surface area contributed by atoms with E-state index in [9.17, 15) is 14.4 Å². The van der Waals surface area contributed by atoms with Gasteiger partial charge in [0.25, 0.3) is 0 Å². The Morgan fingerprint density at radius 2 is 1.84 bits per heavy atom. The molecular weight excluding hydrogens is 400 g/mol. The lowest BCUT2D eigenvalue weighted by Gasteiger charge is -2.44. The molecule has 3 aliphatic carbocycles. The second-order valence-corrected chi connectivity index (χ2v) is 11.5. The van der Waals surface area contributed by atoms with Crippen LogP contribution in [0.5, 0.6) is 0 Å². The van der Waals surface area contributed by atoms with Crippen LogP contribution in [0.15, 0.2) is 23.8 Å². The minimum atomic E-state index is -1.12. The Kier molecular flexibility index (Phi) is 7.51. The summed E-state index contributed by atoms with van der Waals surface area (Å²) in [6.07, 6.45) is 11.9. The predicted octanol–water partition coefficient (Wildman–Crippen LogP) is 6.24. The highest BCUT2D eigenvalue weighted by atomic mass is 16.6. The Morgan fingerprint density at radius 1 is 1.12 bits per heavy atom. The minimum Gasteiger partial charge on any atom is -0.448 e. The fourth-order valence-corrected chi connectivity index (χ4v) is 6.36. The van der Waals surface area contributed by atoms with E-state index in [2.05, 4.69) is 34.6 Å². The molecule has 0 saturated heterocycles. The number of rotatable bonds is 7. The molecule has 0 N–H and O–H groups in total. The van der Waals surface area contributed by atoms with E-state index in [4.69, 9.17) is 4.74 Å². The maximum atomic E-state index is 12.9. The molecule has 4 nitrogen and oxygen atoms in total. The molecule has 4 heteroatoms. The number of carbonyl (C=O) groups is 3. The Bertz CT molecular complexity index is 806. The monoisotopic (exact) mass is 442 g/mol. The summed E-state index contributed by atoms with van der Waals surface area (Å²) in [5, 5.41) is 0. The maximum absolute atomic E-state index is 12.9. The molecule has 0 amide bonds. The van der Waals surface area contributed by atoms with Crippen molar-refractivity contribution in [3.05, 3.63) is 23.8 Å². The van der Waals surface area contributed by atoms with Crippen LogP contribution in [0.2, 0.25) is 0 Å².